The lowest BCUT2D eigenvalue weighted by Gasteiger charge is -2.20. The van der Waals surface area contributed by atoms with Crippen molar-refractivity contribution >= 4 is 0 Å². The van der Waals surface area contributed by atoms with Gasteiger partial charge < -0.3 is 14.8 Å². The SMILES string of the molecule is CCC(CC#N)NC(C)c1ccc2c(c1)OCO2. The fourth-order valence-corrected chi connectivity index (χ4v) is 2.06. The fourth-order valence-electron chi connectivity index (χ4n) is 2.06. The van der Waals surface area contributed by atoms with Crippen molar-refractivity contribution < 1.29 is 9.47 Å². The van der Waals surface area contributed by atoms with Crippen molar-refractivity contribution in [3.05, 3.63) is 23.8 Å². The monoisotopic (exact) mass is 246 g/mol. The third-order valence-electron chi connectivity index (χ3n) is 3.21. The molecule has 2 atom stereocenters. The molecule has 1 aromatic carbocycles. The molecule has 0 saturated heterocycles. The molecule has 18 heavy (non-hydrogen) atoms. The molecule has 0 saturated carbocycles. The summed E-state index contributed by atoms with van der Waals surface area (Å²) in [5, 5.41) is 12.2. The molecule has 0 amide bonds. The molecular formula is C14H18N2O2. The second-order valence-electron chi connectivity index (χ2n) is 4.47. The second kappa shape index (κ2) is 5.74. The minimum Gasteiger partial charge on any atom is -0.454 e. The van der Waals surface area contributed by atoms with E-state index in [2.05, 4.69) is 25.2 Å². The Balaban J connectivity index is 2.04. The number of nitrogens with zero attached hydrogens (tertiary/aromatic N) is 1. The third-order valence-corrected chi connectivity index (χ3v) is 3.21. The van der Waals surface area contributed by atoms with E-state index >= 15 is 0 Å². The van der Waals surface area contributed by atoms with Gasteiger partial charge in [0.25, 0.3) is 0 Å². The molecule has 1 aliphatic heterocycles. The van der Waals surface area contributed by atoms with Crippen LogP contribution in [0.5, 0.6) is 11.5 Å². The first-order valence-corrected chi connectivity index (χ1v) is 6.27. The molecule has 0 bridgehead atoms. The van der Waals surface area contributed by atoms with Gasteiger partial charge in [-0.25, -0.2) is 0 Å². The van der Waals surface area contributed by atoms with E-state index in [0.717, 1.165) is 23.5 Å². The Morgan fingerprint density at radius 3 is 2.89 bits per heavy atom. The van der Waals surface area contributed by atoms with Crippen molar-refractivity contribution in [2.75, 3.05) is 6.79 Å². The number of hydrogen-bond donors (Lipinski definition) is 1. The molecular weight excluding hydrogens is 228 g/mol. The predicted molar refractivity (Wildman–Crippen MR) is 68.4 cm³/mol. The highest BCUT2D eigenvalue weighted by molar-refractivity contribution is 5.45. The van der Waals surface area contributed by atoms with Crippen LogP contribution in [-0.4, -0.2) is 12.8 Å². The maximum Gasteiger partial charge on any atom is 0.231 e. The highest BCUT2D eigenvalue weighted by Gasteiger charge is 2.17. The first-order chi connectivity index (χ1) is 8.74. The molecule has 1 aliphatic rings. The zero-order valence-electron chi connectivity index (χ0n) is 10.8. The van der Waals surface area contributed by atoms with Crippen molar-refractivity contribution in [1.82, 2.24) is 5.32 Å². The number of fused-ring (bicyclic) bond motifs is 1. The Hall–Kier alpha value is -1.73. The average molecular weight is 246 g/mol. The molecule has 0 aliphatic carbocycles. The van der Waals surface area contributed by atoms with E-state index in [1.54, 1.807) is 0 Å². The van der Waals surface area contributed by atoms with Crippen molar-refractivity contribution in [3.63, 3.8) is 0 Å². The van der Waals surface area contributed by atoms with E-state index < -0.39 is 0 Å². The van der Waals surface area contributed by atoms with Crippen LogP contribution in [0.4, 0.5) is 0 Å². The number of ether oxygens (including phenoxy) is 2. The van der Waals surface area contributed by atoms with E-state index in [1.165, 1.54) is 0 Å². The summed E-state index contributed by atoms with van der Waals surface area (Å²) in [4.78, 5) is 0. The zero-order valence-corrected chi connectivity index (χ0v) is 10.8. The number of nitrogens with one attached hydrogen (secondary N) is 1. The normalized spacial score (nSPS) is 16.1. The van der Waals surface area contributed by atoms with Crippen LogP contribution in [0.3, 0.4) is 0 Å². The Morgan fingerprint density at radius 2 is 2.17 bits per heavy atom. The lowest BCUT2D eigenvalue weighted by molar-refractivity contribution is 0.174. The third kappa shape index (κ3) is 2.74. The highest BCUT2D eigenvalue weighted by Crippen LogP contribution is 2.34. The molecule has 1 aromatic rings. The molecule has 1 N–H and O–H groups in total. The van der Waals surface area contributed by atoms with Crippen LogP contribution < -0.4 is 14.8 Å². The summed E-state index contributed by atoms with van der Waals surface area (Å²) >= 11 is 0. The molecule has 0 fully saturated rings. The summed E-state index contributed by atoms with van der Waals surface area (Å²) in [6.07, 6.45) is 1.48. The maximum absolute atomic E-state index is 8.75. The average Bonchev–Trinajstić information content (AvgIpc) is 2.85. The van der Waals surface area contributed by atoms with Crippen LogP contribution in [0.2, 0.25) is 0 Å². The molecule has 4 heteroatoms. The minimum absolute atomic E-state index is 0.192. The topological polar surface area (TPSA) is 54.3 Å². The van der Waals surface area contributed by atoms with Gasteiger partial charge in [0.05, 0.1) is 12.5 Å². The van der Waals surface area contributed by atoms with Crippen LogP contribution in [0, 0.1) is 11.3 Å². The highest BCUT2D eigenvalue weighted by atomic mass is 16.7. The van der Waals surface area contributed by atoms with Gasteiger partial charge >= 0.3 is 0 Å². The van der Waals surface area contributed by atoms with Gasteiger partial charge in [0, 0.05) is 12.1 Å². The van der Waals surface area contributed by atoms with Gasteiger partial charge in [0.2, 0.25) is 6.79 Å². The van der Waals surface area contributed by atoms with E-state index in [0.29, 0.717) is 13.2 Å². The molecule has 2 unspecified atom stereocenters. The van der Waals surface area contributed by atoms with Gasteiger partial charge in [-0.2, -0.15) is 5.26 Å². The second-order valence-corrected chi connectivity index (χ2v) is 4.47. The standard InChI is InChI=1S/C14H18N2O2/c1-3-12(6-7-15)16-10(2)11-4-5-13-14(8-11)18-9-17-13/h4-5,8,10,12,16H,3,6,9H2,1-2H3. The number of rotatable bonds is 5. The van der Waals surface area contributed by atoms with Crippen LogP contribution in [-0.2, 0) is 0 Å². The van der Waals surface area contributed by atoms with Crippen molar-refractivity contribution in [3.8, 4) is 17.6 Å². The first kappa shape index (κ1) is 12.7. The number of hydrogen-bond acceptors (Lipinski definition) is 4. The van der Waals surface area contributed by atoms with Crippen LogP contribution in [0.25, 0.3) is 0 Å². The summed E-state index contributed by atoms with van der Waals surface area (Å²) in [7, 11) is 0. The van der Waals surface area contributed by atoms with Crippen LogP contribution >= 0.6 is 0 Å². The zero-order chi connectivity index (χ0) is 13.0. The van der Waals surface area contributed by atoms with Crippen molar-refractivity contribution in [2.24, 2.45) is 0 Å². The predicted octanol–water partition coefficient (Wildman–Crippen LogP) is 2.76. The van der Waals surface area contributed by atoms with Crippen LogP contribution in [0.15, 0.2) is 18.2 Å². The summed E-state index contributed by atoms with van der Waals surface area (Å²) in [5.74, 6) is 1.60. The Labute approximate surface area is 108 Å². The van der Waals surface area contributed by atoms with Gasteiger partial charge in [-0.05, 0) is 31.0 Å². The van der Waals surface area contributed by atoms with Gasteiger partial charge in [-0.15, -0.1) is 0 Å². The van der Waals surface area contributed by atoms with Gasteiger partial charge in [0.1, 0.15) is 0 Å². The van der Waals surface area contributed by atoms with Gasteiger partial charge in [-0.3, -0.25) is 0 Å². The van der Waals surface area contributed by atoms with E-state index in [4.69, 9.17) is 14.7 Å². The molecule has 4 nitrogen and oxygen atoms in total. The largest absolute Gasteiger partial charge is 0.454 e. The van der Waals surface area contributed by atoms with E-state index in [1.807, 2.05) is 18.2 Å². The summed E-state index contributed by atoms with van der Waals surface area (Å²) < 4.78 is 10.7. The maximum atomic E-state index is 8.75. The van der Waals surface area contributed by atoms with Gasteiger partial charge in [-0.1, -0.05) is 13.0 Å². The molecule has 0 aromatic heterocycles. The molecule has 0 radical (unpaired) electrons. The summed E-state index contributed by atoms with van der Waals surface area (Å²) in [6.45, 7) is 4.48. The van der Waals surface area contributed by atoms with Crippen molar-refractivity contribution in [1.29, 1.82) is 5.26 Å². The number of benzene rings is 1. The Bertz CT molecular complexity index is 454. The van der Waals surface area contributed by atoms with E-state index in [9.17, 15) is 0 Å². The lowest BCUT2D eigenvalue weighted by Crippen LogP contribution is -2.30. The van der Waals surface area contributed by atoms with Gasteiger partial charge in [0.15, 0.2) is 11.5 Å². The van der Waals surface area contributed by atoms with E-state index in [-0.39, 0.29) is 12.1 Å². The Morgan fingerprint density at radius 1 is 1.39 bits per heavy atom. The smallest absolute Gasteiger partial charge is 0.231 e. The molecule has 0 spiro atoms. The van der Waals surface area contributed by atoms with Crippen LogP contribution in [0.1, 0.15) is 38.3 Å². The number of nitriles is 1. The summed E-state index contributed by atoms with van der Waals surface area (Å²) in [5.41, 5.74) is 1.15. The fraction of sp³-hybridized carbons (Fsp3) is 0.500. The Kier molecular flexibility index (Phi) is 4.06. The molecule has 1 heterocycles. The quantitative estimate of drug-likeness (QED) is 0.868. The molecule has 2 rings (SSSR count). The first-order valence-electron chi connectivity index (χ1n) is 6.27. The lowest BCUT2D eigenvalue weighted by atomic mass is 10.0. The summed E-state index contributed by atoms with van der Waals surface area (Å²) in [6, 6.07) is 8.60. The molecule has 96 valence electrons. The van der Waals surface area contributed by atoms with Crippen molar-refractivity contribution in [2.45, 2.75) is 38.8 Å². The minimum atomic E-state index is 0.192.